The number of likely N-dealkylation sites (N-methyl/N-ethyl adjacent to an activating group) is 1. The van der Waals surface area contributed by atoms with Crippen molar-refractivity contribution in [2.45, 2.75) is 6.42 Å². The van der Waals surface area contributed by atoms with E-state index in [1.54, 1.807) is 18.4 Å². The van der Waals surface area contributed by atoms with Crippen molar-refractivity contribution in [3.05, 3.63) is 20.8 Å². The SMILES string of the molecule is CN(CCc1ccc(Br)s1)C(=O)CO. The number of nitrogens with zero attached hydrogens (tertiary/aromatic N) is 1. The van der Waals surface area contributed by atoms with E-state index < -0.39 is 6.61 Å². The first-order valence-corrected chi connectivity index (χ1v) is 5.83. The molecule has 5 heteroatoms. The van der Waals surface area contributed by atoms with E-state index in [-0.39, 0.29) is 5.91 Å². The Labute approximate surface area is 95.5 Å². The van der Waals surface area contributed by atoms with E-state index in [2.05, 4.69) is 15.9 Å². The van der Waals surface area contributed by atoms with Gasteiger partial charge in [0.25, 0.3) is 0 Å². The van der Waals surface area contributed by atoms with Gasteiger partial charge in [0.2, 0.25) is 5.91 Å². The molecule has 78 valence electrons. The average Bonchev–Trinajstić information content (AvgIpc) is 2.59. The van der Waals surface area contributed by atoms with Gasteiger partial charge in [0, 0.05) is 18.5 Å². The number of halogens is 1. The minimum Gasteiger partial charge on any atom is -0.387 e. The number of aliphatic hydroxyl groups is 1. The van der Waals surface area contributed by atoms with E-state index >= 15 is 0 Å². The van der Waals surface area contributed by atoms with E-state index in [0.717, 1.165) is 10.2 Å². The maximum Gasteiger partial charge on any atom is 0.248 e. The summed E-state index contributed by atoms with van der Waals surface area (Å²) in [5.74, 6) is -0.236. The number of hydrogen-bond acceptors (Lipinski definition) is 3. The van der Waals surface area contributed by atoms with E-state index in [1.165, 1.54) is 9.78 Å². The topological polar surface area (TPSA) is 40.5 Å². The van der Waals surface area contributed by atoms with Gasteiger partial charge in [0.1, 0.15) is 6.61 Å². The van der Waals surface area contributed by atoms with Crippen LogP contribution in [-0.4, -0.2) is 36.1 Å². The predicted molar refractivity (Wildman–Crippen MR) is 60.4 cm³/mol. The maximum absolute atomic E-state index is 11.0. The molecule has 0 aliphatic heterocycles. The van der Waals surface area contributed by atoms with Gasteiger partial charge in [-0.05, 0) is 34.5 Å². The van der Waals surface area contributed by atoms with E-state index in [4.69, 9.17) is 5.11 Å². The molecule has 0 aromatic carbocycles. The minimum atomic E-state index is -0.412. The summed E-state index contributed by atoms with van der Waals surface area (Å²) in [4.78, 5) is 13.8. The summed E-state index contributed by atoms with van der Waals surface area (Å²) >= 11 is 5.04. The van der Waals surface area contributed by atoms with Crippen LogP contribution in [0.2, 0.25) is 0 Å². The van der Waals surface area contributed by atoms with Crippen LogP contribution in [0, 0.1) is 0 Å². The first-order chi connectivity index (χ1) is 6.63. The Bertz CT molecular complexity index is 314. The molecule has 1 aromatic rings. The molecule has 0 saturated heterocycles. The molecule has 0 radical (unpaired) electrons. The lowest BCUT2D eigenvalue weighted by molar-refractivity contribution is -0.132. The number of amides is 1. The summed E-state index contributed by atoms with van der Waals surface area (Å²) in [5, 5.41) is 8.61. The molecular formula is C9H12BrNO2S. The molecule has 3 nitrogen and oxygen atoms in total. The molecule has 1 amide bonds. The Morgan fingerprint density at radius 3 is 2.86 bits per heavy atom. The van der Waals surface area contributed by atoms with Crippen LogP contribution in [0.15, 0.2) is 15.9 Å². The van der Waals surface area contributed by atoms with Crippen LogP contribution < -0.4 is 0 Å². The lowest BCUT2D eigenvalue weighted by atomic mass is 10.3. The normalized spacial score (nSPS) is 10.2. The average molecular weight is 278 g/mol. The summed E-state index contributed by atoms with van der Waals surface area (Å²) < 4.78 is 1.10. The Morgan fingerprint density at radius 2 is 2.36 bits per heavy atom. The second-order valence-electron chi connectivity index (χ2n) is 2.93. The fourth-order valence-electron chi connectivity index (χ4n) is 1.01. The van der Waals surface area contributed by atoms with Crippen LogP contribution in [0.3, 0.4) is 0 Å². The molecule has 1 aromatic heterocycles. The van der Waals surface area contributed by atoms with Crippen molar-refractivity contribution < 1.29 is 9.90 Å². The fraction of sp³-hybridized carbons (Fsp3) is 0.444. The highest BCUT2D eigenvalue weighted by Crippen LogP contribution is 2.22. The maximum atomic E-state index is 11.0. The van der Waals surface area contributed by atoms with Crippen molar-refractivity contribution in [3.8, 4) is 0 Å². The number of carbonyl (C=O) groups is 1. The molecule has 1 N–H and O–H groups in total. The summed E-state index contributed by atoms with van der Waals surface area (Å²) in [6.07, 6.45) is 0.832. The predicted octanol–water partition coefficient (Wildman–Crippen LogP) is 1.50. The summed E-state index contributed by atoms with van der Waals surface area (Å²) in [5.41, 5.74) is 0. The van der Waals surface area contributed by atoms with Gasteiger partial charge >= 0.3 is 0 Å². The Hall–Kier alpha value is -0.390. The minimum absolute atomic E-state index is 0.236. The van der Waals surface area contributed by atoms with Crippen molar-refractivity contribution in [1.82, 2.24) is 4.90 Å². The molecule has 1 rings (SSSR count). The second kappa shape index (κ2) is 5.48. The van der Waals surface area contributed by atoms with Gasteiger partial charge in [-0.3, -0.25) is 4.79 Å². The van der Waals surface area contributed by atoms with Gasteiger partial charge in [-0.15, -0.1) is 11.3 Å². The molecule has 0 fully saturated rings. The van der Waals surface area contributed by atoms with E-state index in [0.29, 0.717) is 6.54 Å². The Balaban J connectivity index is 2.37. The third kappa shape index (κ3) is 3.40. The van der Waals surface area contributed by atoms with Crippen molar-refractivity contribution in [2.75, 3.05) is 20.2 Å². The third-order valence-electron chi connectivity index (χ3n) is 1.88. The highest BCUT2D eigenvalue weighted by atomic mass is 79.9. The van der Waals surface area contributed by atoms with Crippen LogP contribution in [0.4, 0.5) is 0 Å². The number of carbonyl (C=O) groups excluding carboxylic acids is 1. The van der Waals surface area contributed by atoms with Crippen LogP contribution in [0.1, 0.15) is 4.88 Å². The van der Waals surface area contributed by atoms with Crippen LogP contribution >= 0.6 is 27.3 Å². The first-order valence-electron chi connectivity index (χ1n) is 4.22. The summed E-state index contributed by atoms with van der Waals surface area (Å²) in [6.45, 7) is 0.233. The zero-order valence-electron chi connectivity index (χ0n) is 7.86. The largest absolute Gasteiger partial charge is 0.387 e. The van der Waals surface area contributed by atoms with Crippen molar-refractivity contribution >= 4 is 33.2 Å². The number of thiophene rings is 1. The number of rotatable bonds is 4. The standard InChI is InChI=1S/C9H12BrNO2S/c1-11(9(13)6-12)5-4-7-2-3-8(10)14-7/h2-3,12H,4-6H2,1H3. The second-order valence-corrected chi connectivity index (χ2v) is 5.48. The Kier molecular flexibility index (Phi) is 4.57. The van der Waals surface area contributed by atoms with Gasteiger partial charge in [0.05, 0.1) is 3.79 Å². The van der Waals surface area contributed by atoms with E-state index in [1.807, 2.05) is 12.1 Å². The molecule has 1 heterocycles. The fourth-order valence-corrected chi connectivity index (χ4v) is 2.48. The van der Waals surface area contributed by atoms with Crippen molar-refractivity contribution in [3.63, 3.8) is 0 Å². The van der Waals surface area contributed by atoms with Gasteiger partial charge in [-0.2, -0.15) is 0 Å². The third-order valence-corrected chi connectivity index (χ3v) is 3.57. The number of hydrogen-bond donors (Lipinski definition) is 1. The molecule has 0 aliphatic carbocycles. The zero-order valence-corrected chi connectivity index (χ0v) is 10.3. The number of aliphatic hydroxyl groups excluding tert-OH is 1. The highest BCUT2D eigenvalue weighted by Gasteiger charge is 2.07. The van der Waals surface area contributed by atoms with Gasteiger partial charge in [-0.25, -0.2) is 0 Å². The molecule has 0 spiro atoms. The van der Waals surface area contributed by atoms with Crippen LogP contribution in [-0.2, 0) is 11.2 Å². The molecule has 0 saturated carbocycles. The zero-order chi connectivity index (χ0) is 10.6. The molecule has 14 heavy (non-hydrogen) atoms. The van der Waals surface area contributed by atoms with Crippen molar-refractivity contribution in [2.24, 2.45) is 0 Å². The highest BCUT2D eigenvalue weighted by molar-refractivity contribution is 9.11. The van der Waals surface area contributed by atoms with Crippen molar-refractivity contribution in [1.29, 1.82) is 0 Å². The van der Waals surface area contributed by atoms with Crippen LogP contribution in [0.25, 0.3) is 0 Å². The molecule has 0 unspecified atom stereocenters. The van der Waals surface area contributed by atoms with Gasteiger partial charge < -0.3 is 10.0 Å². The molecule has 0 atom stereocenters. The van der Waals surface area contributed by atoms with E-state index in [9.17, 15) is 4.79 Å². The quantitative estimate of drug-likeness (QED) is 0.906. The first kappa shape index (κ1) is 11.7. The smallest absolute Gasteiger partial charge is 0.248 e. The Morgan fingerprint density at radius 1 is 1.64 bits per heavy atom. The summed E-state index contributed by atoms with van der Waals surface area (Å²) in [6, 6.07) is 4.03. The van der Waals surface area contributed by atoms with Gasteiger partial charge in [-0.1, -0.05) is 0 Å². The van der Waals surface area contributed by atoms with Gasteiger partial charge in [0.15, 0.2) is 0 Å². The molecule has 0 aliphatic rings. The lowest BCUT2D eigenvalue weighted by Gasteiger charge is -2.14. The molecular weight excluding hydrogens is 266 g/mol. The lowest BCUT2D eigenvalue weighted by Crippen LogP contribution is -2.30. The molecule has 0 bridgehead atoms. The monoisotopic (exact) mass is 277 g/mol. The van der Waals surface area contributed by atoms with Crippen LogP contribution in [0.5, 0.6) is 0 Å². The summed E-state index contributed by atoms with van der Waals surface area (Å²) in [7, 11) is 1.70.